The summed E-state index contributed by atoms with van der Waals surface area (Å²) >= 11 is 0. The smallest absolute Gasteiger partial charge is 0.365 e. The number of oxime groups is 1. The molecule has 7 nitrogen and oxygen atoms in total. The van der Waals surface area contributed by atoms with Crippen LogP contribution in [0.15, 0.2) is 41.6 Å². The first kappa shape index (κ1) is 18.7. The predicted molar refractivity (Wildman–Crippen MR) is 98.7 cm³/mol. The Morgan fingerprint density at radius 1 is 1.04 bits per heavy atom. The Morgan fingerprint density at radius 2 is 1.78 bits per heavy atom. The monoisotopic (exact) mass is 371 g/mol. The second kappa shape index (κ2) is 8.09. The van der Waals surface area contributed by atoms with Gasteiger partial charge in [-0.15, -0.1) is 0 Å². The number of carbonyl (C=O) groups excluding carboxylic acids is 1. The minimum atomic E-state index is -0.565. The lowest BCUT2D eigenvalue weighted by atomic mass is 9.96. The van der Waals surface area contributed by atoms with Gasteiger partial charge in [0, 0.05) is 11.1 Å². The summed E-state index contributed by atoms with van der Waals surface area (Å²) < 4.78 is 21.6. The number of hydrogen-bond acceptors (Lipinski definition) is 7. The molecule has 1 aliphatic heterocycles. The van der Waals surface area contributed by atoms with Crippen LogP contribution in [0.2, 0.25) is 0 Å². The molecule has 1 atom stereocenters. The highest BCUT2D eigenvalue weighted by Crippen LogP contribution is 2.37. The van der Waals surface area contributed by atoms with Crippen LogP contribution in [0.25, 0.3) is 0 Å². The lowest BCUT2D eigenvalue weighted by molar-refractivity contribution is 0.0490. The van der Waals surface area contributed by atoms with Crippen LogP contribution in [0.4, 0.5) is 0 Å². The van der Waals surface area contributed by atoms with Gasteiger partial charge in [0.2, 0.25) is 0 Å². The van der Waals surface area contributed by atoms with Gasteiger partial charge in [-0.3, -0.25) is 0 Å². The fourth-order valence-corrected chi connectivity index (χ4v) is 2.87. The Balaban J connectivity index is 1.89. The molecule has 0 radical (unpaired) electrons. The molecule has 142 valence electrons. The minimum Gasteiger partial charge on any atom is -0.497 e. The van der Waals surface area contributed by atoms with Crippen LogP contribution >= 0.6 is 0 Å². The molecule has 0 amide bonds. The first-order chi connectivity index (χ1) is 13.1. The van der Waals surface area contributed by atoms with Gasteiger partial charge < -0.3 is 23.8 Å². The van der Waals surface area contributed by atoms with Gasteiger partial charge in [-0.2, -0.15) is 0 Å². The summed E-state index contributed by atoms with van der Waals surface area (Å²) in [5.74, 6) is 1.27. The van der Waals surface area contributed by atoms with Crippen LogP contribution in [-0.2, 0) is 16.2 Å². The van der Waals surface area contributed by atoms with E-state index in [1.807, 2.05) is 13.0 Å². The zero-order valence-corrected chi connectivity index (χ0v) is 15.6. The van der Waals surface area contributed by atoms with Crippen LogP contribution in [0, 0.1) is 0 Å². The minimum absolute atomic E-state index is 0.334. The number of nitrogens with zero attached hydrogens (tertiary/aromatic N) is 1. The largest absolute Gasteiger partial charge is 0.497 e. The molecule has 0 saturated heterocycles. The fourth-order valence-electron chi connectivity index (χ4n) is 2.87. The van der Waals surface area contributed by atoms with E-state index in [0.717, 1.165) is 11.1 Å². The van der Waals surface area contributed by atoms with Crippen molar-refractivity contribution in [3.8, 4) is 17.2 Å². The summed E-state index contributed by atoms with van der Waals surface area (Å²) in [7, 11) is 4.70. The molecule has 0 spiro atoms. The second-order valence-corrected chi connectivity index (χ2v) is 5.86. The third-order valence-electron chi connectivity index (χ3n) is 4.34. The van der Waals surface area contributed by atoms with E-state index in [0.29, 0.717) is 35.1 Å². The van der Waals surface area contributed by atoms with Gasteiger partial charge in [-0.25, -0.2) is 4.79 Å². The SMILES string of the molecule is COc1ccc(C(=O)O/N=C2\c3ccc(OC)c(OC)c3COC2C)cc1. The fraction of sp³-hybridized carbons (Fsp3) is 0.300. The van der Waals surface area contributed by atoms with Gasteiger partial charge in [-0.05, 0) is 43.3 Å². The van der Waals surface area contributed by atoms with Crippen LogP contribution in [0.5, 0.6) is 17.2 Å². The molecule has 1 heterocycles. The maximum absolute atomic E-state index is 12.3. The molecule has 2 aromatic rings. The Labute approximate surface area is 157 Å². The molecular weight excluding hydrogens is 350 g/mol. The van der Waals surface area contributed by atoms with Crippen LogP contribution in [0.3, 0.4) is 0 Å². The maximum Gasteiger partial charge on any atom is 0.365 e. The number of carbonyl (C=O) groups is 1. The van der Waals surface area contributed by atoms with Crippen molar-refractivity contribution in [3.63, 3.8) is 0 Å². The van der Waals surface area contributed by atoms with Gasteiger partial charge in [0.1, 0.15) is 17.6 Å². The molecule has 2 aromatic carbocycles. The summed E-state index contributed by atoms with van der Waals surface area (Å²) in [5.41, 5.74) is 2.49. The summed E-state index contributed by atoms with van der Waals surface area (Å²) in [5, 5.41) is 4.07. The van der Waals surface area contributed by atoms with Crippen LogP contribution < -0.4 is 14.2 Å². The quantitative estimate of drug-likeness (QED) is 0.593. The van der Waals surface area contributed by atoms with Crippen molar-refractivity contribution in [3.05, 3.63) is 53.1 Å². The van der Waals surface area contributed by atoms with Crippen molar-refractivity contribution in [1.82, 2.24) is 0 Å². The summed E-state index contributed by atoms with van der Waals surface area (Å²) in [4.78, 5) is 17.4. The Morgan fingerprint density at radius 3 is 2.41 bits per heavy atom. The van der Waals surface area contributed by atoms with E-state index < -0.39 is 5.97 Å². The Hall–Kier alpha value is -3.06. The molecule has 1 unspecified atom stereocenters. The highest BCUT2D eigenvalue weighted by Gasteiger charge is 2.28. The average molecular weight is 371 g/mol. The van der Waals surface area contributed by atoms with Crippen molar-refractivity contribution in [2.75, 3.05) is 21.3 Å². The molecule has 1 aliphatic rings. The first-order valence-corrected chi connectivity index (χ1v) is 8.38. The van der Waals surface area contributed by atoms with E-state index in [1.165, 1.54) is 0 Å². The number of benzene rings is 2. The van der Waals surface area contributed by atoms with Gasteiger partial charge in [0.15, 0.2) is 11.5 Å². The third-order valence-corrected chi connectivity index (χ3v) is 4.34. The number of fused-ring (bicyclic) bond motifs is 1. The summed E-state index contributed by atoms with van der Waals surface area (Å²) in [6.07, 6.45) is -0.334. The Kier molecular flexibility index (Phi) is 5.61. The number of ether oxygens (including phenoxy) is 4. The van der Waals surface area contributed by atoms with Crippen molar-refractivity contribution >= 4 is 11.7 Å². The van der Waals surface area contributed by atoms with Crippen molar-refractivity contribution < 1.29 is 28.6 Å². The predicted octanol–water partition coefficient (Wildman–Crippen LogP) is 3.19. The van der Waals surface area contributed by atoms with Gasteiger partial charge in [0.25, 0.3) is 0 Å². The normalized spacial score (nSPS) is 17.2. The van der Waals surface area contributed by atoms with Crippen LogP contribution in [0.1, 0.15) is 28.4 Å². The standard InChI is InChI=1S/C20H21NO6/c1-12-18(21-27-20(22)13-5-7-14(23-2)8-6-13)15-9-10-17(24-3)19(25-4)16(15)11-26-12/h5-10,12H,11H2,1-4H3/b21-18-. The van der Waals surface area contributed by atoms with E-state index in [2.05, 4.69) is 5.16 Å². The summed E-state index contributed by atoms with van der Waals surface area (Å²) in [6.45, 7) is 2.20. The van der Waals surface area contributed by atoms with Gasteiger partial charge in [-0.1, -0.05) is 5.16 Å². The zero-order chi connectivity index (χ0) is 19.4. The van der Waals surface area contributed by atoms with Crippen LogP contribution in [-0.4, -0.2) is 39.1 Å². The van der Waals surface area contributed by atoms with Crippen molar-refractivity contribution in [2.45, 2.75) is 19.6 Å². The van der Waals surface area contributed by atoms with E-state index in [4.69, 9.17) is 23.8 Å². The molecule has 3 rings (SSSR count). The highest BCUT2D eigenvalue weighted by molar-refractivity contribution is 6.06. The number of rotatable bonds is 5. The highest BCUT2D eigenvalue weighted by atomic mass is 16.7. The summed E-state index contributed by atoms with van der Waals surface area (Å²) in [6, 6.07) is 10.2. The molecular formula is C20H21NO6. The number of hydrogen-bond donors (Lipinski definition) is 0. The zero-order valence-electron chi connectivity index (χ0n) is 15.6. The number of methoxy groups -OCH3 is 3. The molecule has 0 saturated carbocycles. The molecule has 27 heavy (non-hydrogen) atoms. The third kappa shape index (κ3) is 3.73. The molecule has 7 heteroatoms. The lowest BCUT2D eigenvalue weighted by Gasteiger charge is -2.26. The molecule has 0 bridgehead atoms. The first-order valence-electron chi connectivity index (χ1n) is 8.38. The average Bonchev–Trinajstić information content (AvgIpc) is 2.71. The maximum atomic E-state index is 12.3. The van der Waals surface area contributed by atoms with E-state index in [1.54, 1.807) is 51.7 Å². The van der Waals surface area contributed by atoms with E-state index in [9.17, 15) is 4.79 Å². The van der Waals surface area contributed by atoms with Crippen molar-refractivity contribution in [1.29, 1.82) is 0 Å². The lowest BCUT2D eigenvalue weighted by Crippen LogP contribution is -2.29. The molecule has 0 aliphatic carbocycles. The van der Waals surface area contributed by atoms with E-state index >= 15 is 0 Å². The van der Waals surface area contributed by atoms with Crippen molar-refractivity contribution in [2.24, 2.45) is 5.16 Å². The molecule has 0 N–H and O–H groups in total. The van der Waals surface area contributed by atoms with E-state index in [-0.39, 0.29) is 6.10 Å². The van der Waals surface area contributed by atoms with Gasteiger partial charge in [0.05, 0.1) is 33.5 Å². The Bertz CT molecular complexity index is 860. The second-order valence-electron chi connectivity index (χ2n) is 5.86. The molecule has 0 aromatic heterocycles. The van der Waals surface area contributed by atoms with Gasteiger partial charge >= 0.3 is 5.97 Å². The topological polar surface area (TPSA) is 75.6 Å². The molecule has 0 fully saturated rings.